The first-order chi connectivity index (χ1) is 9.19. The third-order valence-corrected chi connectivity index (χ3v) is 4.54. The minimum atomic E-state index is 0.0704. The van der Waals surface area contributed by atoms with E-state index in [9.17, 15) is 4.79 Å². The second-order valence-corrected chi connectivity index (χ2v) is 5.60. The second kappa shape index (κ2) is 6.57. The van der Waals surface area contributed by atoms with Crippen LogP contribution < -0.4 is 10.6 Å². The topological polar surface area (TPSA) is 53.6 Å². The normalized spacial score (nSPS) is 26.5. The van der Waals surface area contributed by atoms with E-state index in [1.54, 1.807) is 0 Å². The van der Waals surface area contributed by atoms with E-state index in [1.165, 1.54) is 0 Å². The number of urea groups is 1. The van der Waals surface area contributed by atoms with Crippen LogP contribution in [0.25, 0.3) is 0 Å². The van der Waals surface area contributed by atoms with E-state index in [0.717, 1.165) is 58.5 Å². The number of nitrogens with zero attached hydrogens (tertiary/aromatic N) is 1. The lowest BCUT2D eigenvalue weighted by Crippen LogP contribution is -2.48. The van der Waals surface area contributed by atoms with E-state index in [1.807, 2.05) is 4.90 Å². The molecule has 2 fully saturated rings. The molecule has 2 aliphatic rings. The lowest BCUT2D eigenvalue weighted by molar-refractivity contribution is -0.0930. The van der Waals surface area contributed by atoms with Gasteiger partial charge in [-0.25, -0.2) is 4.79 Å². The zero-order valence-corrected chi connectivity index (χ0v) is 12.2. The van der Waals surface area contributed by atoms with Crippen LogP contribution in [0.2, 0.25) is 0 Å². The predicted octanol–water partition coefficient (Wildman–Crippen LogP) is 1.34. The largest absolute Gasteiger partial charge is 0.375 e. The van der Waals surface area contributed by atoms with Crippen molar-refractivity contribution in [1.82, 2.24) is 15.5 Å². The number of carbonyl (C=O) groups excluding carboxylic acids is 1. The third kappa shape index (κ3) is 3.60. The van der Waals surface area contributed by atoms with Crippen LogP contribution in [0.3, 0.4) is 0 Å². The van der Waals surface area contributed by atoms with Gasteiger partial charge >= 0.3 is 6.03 Å². The molecule has 0 bridgehead atoms. The molecular weight excluding hydrogens is 242 g/mol. The van der Waals surface area contributed by atoms with Gasteiger partial charge in [-0.3, -0.25) is 0 Å². The van der Waals surface area contributed by atoms with Crippen LogP contribution in [-0.4, -0.2) is 55.4 Å². The van der Waals surface area contributed by atoms with Crippen molar-refractivity contribution in [3.8, 4) is 0 Å². The molecule has 2 saturated heterocycles. The summed E-state index contributed by atoms with van der Waals surface area (Å²) in [6, 6.07) is 0.601. The third-order valence-electron chi connectivity index (χ3n) is 4.54. The van der Waals surface area contributed by atoms with Crippen LogP contribution in [0.15, 0.2) is 0 Å². The molecule has 2 N–H and O–H groups in total. The van der Waals surface area contributed by atoms with Crippen LogP contribution in [0.5, 0.6) is 0 Å². The molecule has 0 radical (unpaired) electrons. The van der Waals surface area contributed by atoms with Gasteiger partial charge in [0.1, 0.15) is 0 Å². The minimum absolute atomic E-state index is 0.0704. The first-order valence-electron chi connectivity index (χ1n) is 7.59. The molecule has 1 atom stereocenters. The number of amides is 2. The fourth-order valence-electron chi connectivity index (χ4n) is 3.07. The Morgan fingerprint density at radius 1 is 1.47 bits per heavy atom. The Morgan fingerprint density at radius 3 is 2.89 bits per heavy atom. The van der Waals surface area contributed by atoms with E-state index in [2.05, 4.69) is 24.5 Å². The molecule has 0 spiro atoms. The van der Waals surface area contributed by atoms with E-state index >= 15 is 0 Å². The Balaban J connectivity index is 1.72. The van der Waals surface area contributed by atoms with Crippen molar-refractivity contribution in [3.05, 3.63) is 0 Å². The Morgan fingerprint density at radius 2 is 2.26 bits per heavy atom. The maximum absolute atomic E-state index is 11.4. The van der Waals surface area contributed by atoms with E-state index in [4.69, 9.17) is 4.74 Å². The highest BCUT2D eigenvalue weighted by atomic mass is 16.5. The molecule has 0 saturated carbocycles. The standard InChI is InChI=1S/C14H27N3O2/c1-3-14(4-2)11-12(5-10-19-14)15-6-8-17-9-7-16-13(17)18/h12,15H,3-11H2,1-2H3,(H,16,18). The molecule has 0 aromatic rings. The molecule has 19 heavy (non-hydrogen) atoms. The van der Waals surface area contributed by atoms with Gasteiger partial charge in [0.05, 0.1) is 5.60 Å². The van der Waals surface area contributed by atoms with Crippen LogP contribution in [0.1, 0.15) is 39.5 Å². The summed E-state index contributed by atoms with van der Waals surface area (Å²) >= 11 is 0. The summed E-state index contributed by atoms with van der Waals surface area (Å²) in [4.78, 5) is 13.3. The second-order valence-electron chi connectivity index (χ2n) is 5.60. The first-order valence-corrected chi connectivity index (χ1v) is 7.59. The summed E-state index contributed by atoms with van der Waals surface area (Å²) in [6.45, 7) is 8.56. The maximum Gasteiger partial charge on any atom is 0.317 e. The summed E-state index contributed by atoms with van der Waals surface area (Å²) in [5, 5.41) is 6.42. The van der Waals surface area contributed by atoms with Crippen LogP contribution >= 0.6 is 0 Å². The number of rotatable bonds is 6. The number of nitrogens with one attached hydrogen (secondary N) is 2. The molecule has 5 heteroatoms. The average molecular weight is 269 g/mol. The van der Waals surface area contributed by atoms with Gasteiger partial charge in [-0.2, -0.15) is 0 Å². The quantitative estimate of drug-likeness (QED) is 0.765. The molecule has 0 aliphatic carbocycles. The molecule has 110 valence electrons. The first kappa shape index (κ1) is 14.6. The SMILES string of the molecule is CCC1(CC)CC(NCCN2CCNC2=O)CCO1. The smallest absolute Gasteiger partial charge is 0.317 e. The molecule has 2 aliphatic heterocycles. The minimum Gasteiger partial charge on any atom is -0.375 e. The van der Waals surface area contributed by atoms with Gasteiger partial charge < -0.3 is 20.3 Å². The van der Waals surface area contributed by atoms with Crippen LogP contribution in [-0.2, 0) is 4.74 Å². The summed E-state index contributed by atoms with van der Waals surface area (Å²) in [7, 11) is 0. The predicted molar refractivity (Wildman–Crippen MR) is 75.3 cm³/mol. The van der Waals surface area contributed by atoms with E-state index in [0.29, 0.717) is 6.04 Å². The maximum atomic E-state index is 11.4. The Labute approximate surface area is 116 Å². The molecule has 2 amide bonds. The number of ether oxygens (including phenoxy) is 1. The monoisotopic (exact) mass is 269 g/mol. The van der Waals surface area contributed by atoms with Gasteiger partial charge in [-0.05, 0) is 25.7 Å². The highest BCUT2D eigenvalue weighted by molar-refractivity contribution is 5.76. The van der Waals surface area contributed by atoms with Crippen LogP contribution in [0, 0.1) is 0 Å². The van der Waals surface area contributed by atoms with Gasteiger partial charge in [-0.1, -0.05) is 13.8 Å². The Bertz CT molecular complexity index is 305. The zero-order chi connectivity index (χ0) is 13.7. The zero-order valence-electron chi connectivity index (χ0n) is 12.2. The van der Waals surface area contributed by atoms with Gasteiger partial charge in [-0.15, -0.1) is 0 Å². The number of hydrogen-bond acceptors (Lipinski definition) is 3. The van der Waals surface area contributed by atoms with Gasteiger partial charge in [0.25, 0.3) is 0 Å². The lowest BCUT2D eigenvalue weighted by Gasteiger charge is -2.40. The molecular formula is C14H27N3O2. The molecule has 2 heterocycles. The van der Waals surface area contributed by atoms with Gasteiger partial charge in [0.2, 0.25) is 0 Å². The lowest BCUT2D eigenvalue weighted by atomic mass is 9.86. The van der Waals surface area contributed by atoms with Crippen molar-refractivity contribution < 1.29 is 9.53 Å². The number of carbonyl (C=O) groups is 1. The van der Waals surface area contributed by atoms with Gasteiger partial charge in [0, 0.05) is 38.8 Å². The fourth-order valence-corrected chi connectivity index (χ4v) is 3.07. The average Bonchev–Trinajstić information content (AvgIpc) is 2.85. The summed E-state index contributed by atoms with van der Waals surface area (Å²) in [5.41, 5.74) is 0.0704. The highest BCUT2D eigenvalue weighted by Gasteiger charge is 2.34. The van der Waals surface area contributed by atoms with Crippen molar-refractivity contribution in [3.63, 3.8) is 0 Å². The summed E-state index contributed by atoms with van der Waals surface area (Å²) in [5.74, 6) is 0. The molecule has 5 nitrogen and oxygen atoms in total. The molecule has 0 aromatic heterocycles. The Hall–Kier alpha value is -0.810. The van der Waals surface area contributed by atoms with Crippen molar-refractivity contribution in [1.29, 1.82) is 0 Å². The van der Waals surface area contributed by atoms with Gasteiger partial charge in [0.15, 0.2) is 0 Å². The van der Waals surface area contributed by atoms with Crippen molar-refractivity contribution >= 4 is 6.03 Å². The van der Waals surface area contributed by atoms with Crippen LogP contribution in [0.4, 0.5) is 4.79 Å². The van der Waals surface area contributed by atoms with E-state index in [-0.39, 0.29) is 11.6 Å². The molecule has 2 rings (SSSR count). The summed E-state index contributed by atoms with van der Waals surface area (Å²) < 4.78 is 5.98. The fraction of sp³-hybridized carbons (Fsp3) is 0.929. The van der Waals surface area contributed by atoms with Crippen molar-refractivity contribution in [2.45, 2.75) is 51.2 Å². The van der Waals surface area contributed by atoms with Crippen molar-refractivity contribution in [2.24, 2.45) is 0 Å². The molecule has 0 aromatic carbocycles. The summed E-state index contributed by atoms with van der Waals surface area (Å²) in [6.07, 6.45) is 4.33. The highest BCUT2D eigenvalue weighted by Crippen LogP contribution is 2.31. The number of hydrogen-bond donors (Lipinski definition) is 2. The Kier molecular flexibility index (Phi) is 5.05. The van der Waals surface area contributed by atoms with Crippen molar-refractivity contribution in [2.75, 3.05) is 32.8 Å². The van der Waals surface area contributed by atoms with E-state index < -0.39 is 0 Å². The molecule has 1 unspecified atom stereocenters.